The number of pyridine rings is 2. The summed E-state index contributed by atoms with van der Waals surface area (Å²) in [5.74, 6) is -3.90. The lowest BCUT2D eigenvalue weighted by Crippen LogP contribution is -2.58. The first-order chi connectivity index (χ1) is 30.7. The molecule has 64 heavy (non-hydrogen) atoms. The molecule has 3 heterocycles. The van der Waals surface area contributed by atoms with Gasteiger partial charge in [-0.25, -0.2) is 4.79 Å². The van der Waals surface area contributed by atoms with Crippen LogP contribution < -0.4 is 26.6 Å². The third-order valence-electron chi connectivity index (χ3n) is 11.1. The maximum absolute atomic E-state index is 14.1. The third kappa shape index (κ3) is 15.3. The van der Waals surface area contributed by atoms with Crippen molar-refractivity contribution in [3.63, 3.8) is 0 Å². The molecule has 2 aromatic carbocycles. The number of hydrogen-bond acceptors (Lipinski definition) is 9. The molecule has 0 unspecified atom stereocenters. The Bertz CT molecular complexity index is 2130. The van der Waals surface area contributed by atoms with Crippen LogP contribution in [0.5, 0.6) is 0 Å². The summed E-state index contributed by atoms with van der Waals surface area (Å²) in [4.78, 5) is 92.6. The quantitative estimate of drug-likeness (QED) is 0.0550. The monoisotopic (exact) mass is 875 g/mol. The standard InChI is InChI=1S/C48H61N9O7/c1-32(2)44(47(63)57-27-13-15-34(57)4)55-46(62)41(29-43(59)60)53-45(61)40(19-9-12-26-56(30-37-16-7-10-24-49-37)31-38-17-8-11-25-50-38)52-42(58)28-35-20-22-36(23-21-35)51-48(64)54-39-18-6-5-14-33(39)3/h5-8,10-11,14,16-18,20-25,32,34,40-41,44H,9,12-13,15,19,26-31H2,1-4H3,(H,52,58)(H,53,61)(H,55,62)(H,59,60)(H2,51,54,64)/t34-,40+,41+,44+/m1/s1. The van der Waals surface area contributed by atoms with Crippen LogP contribution in [0.25, 0.3) is 0 Å². The third-order valence-corrected chi connectivity index (χ3v) is 11.1. The summed E-state index contributed by atoms with van der Waals surface area (Å²) >= 11 is 0. The van der Waals surface area contributed by atoms with E-state index in [2.05, 4.69) is 41.5 Å². The molecule has 5 rings (SSSR count). The van der Waals surface area contributed by atoms with Crippen LogP contribution in [-0.4, -0.2) is 97.8 Å². The number of aryl methyl sites for hydroxylation is 1. The smallest absolute Gasteiger partial charge is 0.323 e. The number of likely N-dealkylation sites (tertiary alicyclic amines) is 1. The van der Waals surface area contributed by atoms with Crippen LogP contribution in [0.2, 0.25) is 0 Å². The van der Waals surface area contributed by atoms with Gasteiger partial charge in [-0.2, -0.15) is 0 Å². The van der Waals surface area contributed by atoms with Gasteiger partial charge >= 0.3 is 12.0 Å². The number of carbonyl (C=O) groups excluding carboxylic acids is 5. The van der Waals surface area contributed by atoms with Crippen molar-refractivity contribution in [1.29, 1.82) is 0 Å². The molecule has 0 radical (unpaired) electrons. The summed E-state index contributed by atoms with van der Waals surface area (Å²) in [7, 11) is 0. The normalized spacial score (nSPS) is 14.9. The predicted molar refractivity (Wildman–Crippen MR) is 244 cm³/mol. The number of unbranched alkanes of at least 4 members (excludes halogenated alkanes) is 1. The fourth-order valence-corrected chi connectivity index (χ4v) is 7.61. The van der Waals surface area contributed by atoms with Gasteiger partial charge in [0.15, 0.2) is 0 Å². The molecule has 1 saturated heterocycles. The molecule has 0 bridgehead atoms. The van der Waals surface area contributed by atoms with Crippen LogP contribution in [0.4, 0.5) is 16.2 Å². The van der Waals surface area contributed by atoms with Crippen LogP contribution in [0.15, 0.2) is 97.3 Å². The molecule has 6 N–H and O–H groups in total. The number of nitrogens with one attached hydrogen (secondary N) is 5. The molecule has 0 aliphatic carbocycles. The number of nitrogens with zero attached hydrogens (tertiary/aromatic N) is 4. The van der Waals surface area contributed by atoms with Gasteiger partial charge in [-0.3, -0.25) is 38.8 Å². The Morgan fingerprint density at radius 1 is 0.781 bits per heavy atom. The van der Waals surface area contributed by atoms with E-state index in [1.807, 2.05) is 68.4 Å². The maximum Gasteiger partial charge on any atom is 0.323 e. The van der Waals surface area contributed by atoms with Crippen molar-refractivity contribution in [3.8, 4) is 0 Å². The number of carboxylic acids is 1. The second-order valence-electron chi connectivity index (χ2n) is 16.6. The Morgan fingerprint density at radius 3 is 2.00 bits per heavy atom. The zero-order valence-electron chi connectivity index (χ0n) is 37.1. The number of para-hydroxylation sites is 1. The van der Waals surface area contributed by atoms with Crippen molar-refractivity contribution in [2.45, 2.75) is 110 Å². The van der Waals surface area contributed by atoms with E-state index in [0.29, 0.717) is 56.0 Å². The Hall–Kier alpha value is -6.68. The van der Waals surface area contributed by atoms with E-state index in [4.69, 9.17) is 0 Å². The van der Waals surface area contributed by atoms with Gasteiger partial charge in [0, 0.05) is 49.4 Å². The Balaban J connectivity index is 1.27. The number of anilines is 2. The number of urea groups is 1. The SMILES string of the molecule is Cc1ccccc1NC(=O)Nc1ccc(CC(=O)N[C@@H](CCCCN(Cc2ccccn2)Cc2ccccn2)C(=O)N[C@@H](CC(=O)O)C(=O)N[C@H](C(=O)N2CCC[C@H]2C)C(C)C)cc1. The van der Waals surface area contributed by atoms with Crippen LogP contribution in [0.1, 0.15) is 81.8 Å². The first kappa shape index (κ1) is 48.4. The van der Waals surface area contributed by atoms with Gasteiger partial charge < -0.3 is 36.6 Å². The lowest BCUT2D eigenvalue weighted by molar-refractivity contribution is -0.142. The summed E-state index contributed by atoms with van der Waals surface area (Å²) < 4.78 is 0. The second-order valence-corrected chi connectivity index (χ2v) is 16.6. The Labute approximate surface area is 375 Å². The van der Waals surface area contributed by atoms with E-state index in [1.165, 1.54) is 0 Å². The summed E-state index contributed by atoms with van der Waals surface area (Å²) in [6.45, 7) is 9.73. The molecule has 0 spiro atoms. The molecule has 16 nitrogen and oxygen atoms in total. The fraction of sp³-hybridized carbons (Fsp3) is 0.417. The number of carbonyl (C=O) groups is 6. The van der Waals surface area contributed by atoms with E-state index in [1.54, 1.807) is 61.5 Å². The highest BCUT2D eigenvalue weighted by molar-refractivity contribution is 6.00. The number of hydrogen-bond donors (Lipinski definition) is 6. The maximum atomic E-state index is 14.1. The van der Waals surface area contributed by atoms with Crippen molar-refractivity contribution in [3.05, 3.63) is 120 Å². The minimum atomic E-state index is -1.52. The Kier molecular flexibility index (Phi) is 18.3. The van der Waals surface area contributed by atoms with Gasteiger partial charge in [-0.15, -0.1) is 0 Å². The summed E-state index contributed by atoms with van der Waals surface area (Å²) in [5.41, 5.74) is 4.48. The minimum Gasteiger partial charge on any atom is -0.481 e. The predicted octanol–water partition coefficient (Wildman–Crippen LogP) is 5.44. The average Bonchev–Trinajstić information content (AvgIpc) is 3.70. The van der Waals surface area contributed by atoms with Gasteiger partial charge in [0.2, 0.25) is 23.6 Å². The van der Waals surface area contributed by atoms with Crippen LogP contribution >= 0.6 is 0 Å². The van der Waals surface area contributed by atoms with Crippen molar-refractivity contribution in [2.75, 3.05) is 23.7 Å². The summed E-state index contributed by atoms with van der Waals surface area (Å²) in [5, 5.41) is 23.6. The fourth-order valence-electron chi connectivity index (χ4n) is 7.61. The highest BCUT2D eigenvalue weighted by Gasteiger charge is 2.36. The molecule has 1 aliphatic rings. The molecule has 16 heteroatoms. The average molecular weight is 876 g/mol. The van der Waals surface area contributed by atoms with Crippen LogP contribution in [0.3, 0.4) is 0 Å². The first-order valence-electron chi connectivity index (χ1n) is 21.9. The van der Waals surface area contributed by atoms with Gasteiger partial charge in [0.05, 0.1) is 24.2 Å². The molecule has 1 fully saturated rings. The van der Waals surface area contributed by atoms with E-state index in [9.17, 15) is 33.9 Å². The number of carboxylic acid groups (broad SMARTS) is 1. The topological polar surface area (TPSA) is 215 Å². The van der Waals surface area contributed by atoms with E-state index in [0.717, 1.165) is 29.8 Å². The van der Waals surface area contributed by atoms with Crippen LogP contribution in [-0.2, 0) is 43.5 Å². The van der Waals surface area contributed by atoms with Gasteiger partial charge in [-0.05, 0) is 112 Å². The number of aromatic nitrogens is 2. The second kappa shape index (κ2) is 24.2. The van der Waals surface area contributed by atoms with Crippen molar-refractivity contribution in [2.24, 2.45) is 5.92 Å². The van der Waals surface area contributed by atoms with Crippen LogP contribution in [0, 0.1) is 12.8 Å². The van der Waals surface area contributed by atoms with E-state index >= 15 is 0 Å². The number of amides is 6. The zero-order valence-corrected chi connectivity index (χ0v) is 37.1. The number of aliphatic carboxylic acids is 1. The first-order valence-corrected chi connectivity index (χ1v) is 21.9. The van der Waals surface area contributed by atoms with Crippen molar-refractivity contribution in [1.82, 2.24) is 35.7 Å². The van der Waals surface area contributed by atoms with E-state index in [-0.39, 0.29) is 30.7 Å². The lowest BCUT2D eigenvalue weighted by Gasteiger charge is -2.31. The van der Waals surface area contributed by atoms with E-state index < -0.39 is 54.3 Å². The largest absolute Gasteiger partial charge is 0.481 e. The number of benzene rings is 2. The summed E-state index contributed by atoms with van der Waals surface area (Å²) in [6, 6.07) is 21.6. The molecule has 0 saturated carbocycles. The Morgan fingerprint density at radius 2 is 1.42 bits per heavy atom. The molecule has 340 valence electrons. The molecule has 4 aromatic rings. The highest BCUT2D eigenvalue weighted by atomic mass is 16.4. The molecule has 4 atom stereocenters. The molecule has 1 aliphatic heterocycles. The highest BCUT2D eigenvalue weighted by Crippen LogP contribution is 2.20. The zero-order chi connectivity index (χ0) is 46.0. The minimum absolute atomic E-state index is 0.00652. The van der Waals surface area contributed by atoms with Crippen molar-refractivity contribution < 1.29 is 33.9 Å². The van der Waals surface area contributed by atoms with Gasteiger partial charge in [0.25, 0.3) is 0 Å². The molecular formula is C48H61N9O7. The van der Waals surface area contributed by atoms with Gasteiger partial charge in [0.1, 0.15) is 18.1 Å². The number of rotatable bonds is 22. The molecular weight excluding hydrogens is 815 g/mol. The van der Waals surface area contributed by atoms with Gasteiger partial charge in [-0.1, -0.05) is 56.3 Å². The molecule has 6 amide bonds. The van der Waals surface area contributed by atoms with Crippen molar-refractivity contribution >= 4 is 47.0 Å². The summed E-state index contributed by atoms with van der Waals surface area (Å²) in [6.07, 6.45) is 5.62. The lowest BCUT2D eigenvalue weighted by atomic mass is 10.0. The molecule has 2 aromatic heterocycles.